The molecule has 0 saturated heterocycles. The molecule has 3 aromatic carbocycles. The van der Waals surface area contributed by atoms with Crippen molar-refractivity contribution in [3.05, 3.63) is 91.6 Å². The van der Waals surface area contributed by atoms with Gasteiger partial charge in [0.25, 0.3) is 0 Å². The van der Waals surface area contributed by atoms with Crippen LogP contribution in [0.25, 0.3) is 28.1 Å². The van der Waals surface area contributed by atoms with Crippen molar-refractivity contribution in [2.75, 3.05) is 0 Å². The molecular formula is C26H24BrIN2. The first-order valence-corrected chi connectivity index (χ1v) is 12.1. The van der Waals surface area contributed by atoms with Gasteiger partial charge < -0.3 is 0 Å². The summed E-state index contributed by atoms with van der Waals surface area (Å²) in [6.45, 7) is 6.55. The van der Waals surface area contributed by atoms with Crippen LogP contribution in [0.3, 0.4) is 0 Å². The summed E-state index contributed by atoms with van der Waals surface area (Å²) in [4.78, 5) is 0. The smallest absolute Gasteiger partial charge is 0.0825 e. The largest absolute Gasteiger partial charge is 0.232 e. The summed E-state index contributed by atoms with van der Waals surface area (Å²) < 4.78 is 4.39. The Balaban J connectivity index is 2.09. The van der Waals surface area contributed by atoms with Crippen molar-refractivity contribution in [2.45, 2.75) is 33.6 Å². The molecule has 0 aliphatic rings. The first-order chi connectivity index (χ1) is 14.5. The second-order valence-electron chi connectivity index (χ2n) is 7.41. The third-order valence-corrected chi connectivity index (χ3v) is 6.61. The van der Waals surface area contributed by atoms with Crippen LogP contribution < -0.4 is 0 Å². The Hall–Kier alpha value is -1.92. The van der Waals surface area contributed by atoms with E-state index in [1.807, 2.05) is 0 Å². The van der Waals surface area contributed by atoms with Gasteiger partial charge in [0.15, 0.2) is 0 Å². The lowest BCUT2D eigenvalue weighted by atomic mass is 9.93. The van der Waals surface area contributed by atoms with E-state index in [-0.39, 0.29) is 0 Å². The van der Waals surface area contributed by atoms with Gasteiger partial charge in [-0.1, -0.05) is 60.1 Å². The van der Waals surface area contributed by atoms with E-state index in [2.05, 4.69) is 131 Å². The second-order valence-corrected chi connectivity index (χ2v) is 9.57. The van der Waals surface area contributed by atoms with Gasteiger partial charge >= 0.3 is 0 Å². The zero-order valence-electron chi connectivity index (χ0n) is 17.4. The molecule has 4 aromatic rings. The lowest BCUT2D eigenvalue weighted by Gasteiger charge is -2.15. The lowest BCUT2D eigenvalue weighted by Crippen LogP contribution is -2.02. The molecular weight excluding hydrogens is 547 g/mol. The topological polar surface area (TPSA) is 17.8 Å². The summed E-state index contributed by atoms with van der Waals surface area (Å²) in [7, 11) is 0. The highest BCUT2D eigenvalue weighted by Crippen LogP contribution is 2.39. The van der Waals surface area contributed by atoms with Crippen molar-refractivity contribution in [3.63, 3.8) is 0 Å². The summed E-state index contributed by atoms with van der Waals surface area (Å²) in [5, 5.41) is 5.03. The number of halogens is 2. The molecule has 0 aliphatic carbocycles. The summed E-state index contributed by atoms with van der Waals surface area (Å²) in [5.41, 5.74) is 9.63. The van der Waals surface area contributed by atoms with Crippen molar-refractivity contribution in [3.8, 4) is 28.1 Å². The number of aryl methyl sites for hydroxylation is 3. The van der Waals surface area contributed by atoms with Crippen LogP contribution in [-0.4, -0.2) is 9.78 Å². The SMILES string of the molecule is CCc1ccc(CC)c(-c2c(-c3cccc(I)c3)c(C)nn2-c2cccc(Br)c2)c1. The van der Waals surface area contributed by atoms with Gasteiger partial charge in [0.2, 0.25) is 0 Å². The first-order valence-electron chi connectivity index (χ1n) is 10.3. The van der Waals surface area contributed by atoms with Crippen LogP contribution >= 0.6 is 38.5 Å². The molecule has 30 heavy (non-hydrogen) atoms. The number of nitrogens with zero attached hydrogens (tertiary/aromatic N) is 2. The van der Waals surface area contributed by atoms with Crippen molar-refractivity contribution >= 4 is 38.5 Å². The van der Waals surface area contributed by atoms with Gasteiger partial charge in [0.1, 0.15) is 0 Å². The number of hydrogen-bond acceptors (Lipinski definition) is 1. The summed E-state index contributed by atoms with van der Waals surface area (Å²) in [6, 6.07) is 23.9. The van der Waals surface area contributed by atoms with Gasteiger partial charge in [-0.05, 0) is 95.4 Å². The zero-order chi connectivity index (χ0) is 21.3. The van der Waals surface area contributed by atoms with Crippen LogP contribution in [0.15, 0.2) is 71.2 Å². The van der Waals surface area contributed by atoms with Crippen LogP contribution in [0.1, 0.15) is 30.7 Å². The molecule has 0 aliphatic heterocycles. The highest BCUT2D eigenvalue weighted by Gasteiger charge is 2.22. The van der Waals surface area contributed by atoms with E-state index in [9.17, 15) is 0 Å². The maximum atomic E-state index is 5.03. The highest BCUT2D eigenvalue weighted by atomic mass is 127. The summed E-state index contributed by atoms with van der Waals surface area (Å²) in [5.74, 6) is 0. The number of benzene rings is 3. The average Bonchev–Trinajstić information content (AvgIpc) is 3.10. The molecule has 1 heterocycles. The molecule has 0 atom stereocenters. The van der Waals surface area contributed by atoms with E-state index in [0.29, 0.717) is 0 Å². The Bertz CT molecular complexity index is 1210. The number of rotatable bonds is 5. The molecule has 0 saturated carbocycles. The Kier molecular flexibility index (Phi) is 6.44. The van der Waals surface area contributed by atoms with Gasteiger partial charge in [0, 0.05) is 19.2 Å². The molecule has 2 nitrogen and oxygen atoms in total. The molecule has 0 N–H and O–H groups in total. The fourth-order valence-electron chi connectivity index (χ4n) is 3.93. The van der Waals surface area contributed by atoms with Crippen molar-refractivity contribution in [1.82, 2.24) is 9.78 Å². The van der Waals surface area contributed by atoms with Crippen molar-refractivity contribution < 1.29 is 0 Å². The molecule has 0 fully saturated rings. The Morgan fingerprint density at radius 2 is 1.73 bits per heavy atom. The molecule has 1 aromatic heterocycles. The molecule has 152 valence electrons. The van der Waals surface area contributed by atoms with E-state index in [1.165, 1.54) is 37.1 Å². The van der Waals surface area contributed by atoms with E-state index in [4.69, 9.17) is 5.10 Å². The standard InChI is InChI=1S/C26H24BrIN2/c1-4-18-12-13-19(5-2)24(14-18)26-25(20-8-6-10-22(28)15-20)17(3)29-30(26)23-11-7-9-21(27)16-23/h6-16H,4-5H2,1-3H3. The van der Waals surface area contributed by atoms with Crippen LogP contribution in [-0.2, 0) is 12.8 Å². The third kappa shape index (κ3) is 4.12. The van der Waals surface area contributed by atoms with Gasteiger partial charge in [0.05, 0.1) is 17.1 Å². The molecule has 0 amide bonds. The summed E-state index contributed by atoms with van der Waals surface area (Å²) >= 11 is 6.01. The van der Waals surface area contributed by atoms with E-state index >= 15 is 0 Å². The normalized spacial score (nSPS) is 11.1. The fourth-order valence-corrected chi connectivity index (χ4v) is 4.86. The molecule has 0 spiro atoms. The predicted molar refractivity (Wildman–Crippen MR) is 138 cm³/mol. The monoisotopic (exact) mass is 570 g/mol. The van der Waals surface area contributed by atoms with Crippen LogP contribution in [0.2, 0.25) is 0 Å². The maximum Gasteiger partial charge on any atom is 0.0825 e. The van der Waals surface area contributed by atoms with Gasteiger partial charge in [-0.15, -0.1) is 0 Å². The fraction of sp³-hybridized carbons (Fsp3) is 0.192. The molecule has 4 heteroatoms. The Morgan fingerprint density at radius 1 is 0.933 bits per heavy atom. The minimum absolute atomic E-state index is 0.980. The maximum absolute atomic E-state index is 5.03. The highest BCUT2D eigenvalue weighted by molar-refractivity contribution is 14.1. The van der Waals surface area contributed by atoms with Gasteiger partial charge in [-0.3, -0.25) is 0 Å². The average molecular weight is 571 g/mol. The summed E-state index contributed by atoms with van der Waals surface area (Å²) in [6.07, 6.45) is 1.99. The minimum Gasteiger partial charge on any atom is -0.232 e. The molecule has 0 bridgehead atoms. The van der Waals surface area contributed by atoms with E-state index in [1.54, 1.807) is 0 Å². The molecule has 0 radical (unpaired) electrons. The Labute approximate surface area is 200 Å². The predicted octanol–water partition coefficient (Wildman–Crippen LogP) is 8.01. The first kappa shape index (κ1) is 21.3. The lowest BCUT2D eigenvalue weighted by molar-refractivity contribution is 0.866. The van der Waals surface area contributed by atoms with Gasteiger partial charge in [-0.2, -0.15) is 5.10 Å². The number of aromatic nitrogens is 2. The van der Waals surface area contributed by atoms with Crippen LogP contribution in [0, 0.1) is 10.5 Å². The van der Waals surface area contributed by atoms with Gasteiger partial charge in [-0.25, -0.2) is 4.68 Å². The van der Waals surface area contributed by atoms with E-state index in [0.717, 1.165) is 28.7 Å². The number of hydrogen-bond donors (Lipinski definition) is 0. The zero-order valence-corrected chi connectivity index (χ0v) is 21.2. The molecule has 4 rings (SSSR count). The third-order valence-electron chi connectivity index (χ3n) is 5.45. The minimum atomic E-state index is 0.980. The van der Waals surface area contributed by atoms with Crippen LogP contribution in [0.4, 0.5) is 0 Å². The van der Waals surface area contributed by atoms with E-state index < -0.39 is 0 Å². The van der Waals surface area contributed by atoms with Crippen molar-refractivity contribution in [2.24, 2.45) is 0 Å². The molecule has 0 unspecified atom stereocenters. The van der Waals surface area contributed by atoms with Crippen LogP contribution in [0.5, 0.6) is 0 Å². The quantitative estimate of drug-likeness (QED) is 0.222. The second kappa shape index (κ2) is 9.06. The van der Waals surface area contributed by atoms with Crippen molar-refractivity contribution in [1.29, 1.82) is 0 Å². The Morgan fingerprint density at radius 3 is 2.43 bits per heavy atom.